The Kier molecular flexibility index (Phi) is 4.09. The second kappa shape index (κ2) is 5.37. The number of anilines is 1. The first-order chi connectivity index (χ1) is 7.70. The van der Waals surface area contributed by atoms with Crippen molar-refractivity contribution in [3.8, 4) is 0 Å². The molecule has 1 aliphatic carbocycles. The van der Waals surface area contributed by atoms with Crippen LogP contribution in [-0.2, 0) is 0 Å². The van der Waals surface area contributed by atoms with Gasteiger partial charge in [-0.05, 0) is 18.9 Å². The predicted octanol–water partition coefficient (Wildman–Crippen LogP) is 3.88. The summed E-state index contributed by atoms with van der Waals surface area (Å²) in [6.45, 7) is 0. The summed E-state index contributed by atoms with van der Waals surface area (Å²) >= 11 is 9.94. The van der Waals surface area contributed by atoms with Crippen LogP contribution in [0.3, 0.4) is 0 Å². The van der Waals surface area contributed by atoms with Crippen LogP contribution >= 0.6 is 27.5 Å². The Morgan fingerprint density at radius 3 is 2.88 bits per heavy atom. The fraction of sp³-hybridized carbons (Fsp3) is 0.583. The quantitative estimate of drug-likeness (QED) is 0.771. The summed E-state index contributed by atoms with van der Waals surface area (Å²) in [4.78, 5) is 6.87. The van der Waals surface area contributed by atoms with E-state index in [0.717, 1.165) is 10.7 Å². The van der Waals surface area contributed by atoms with Crippen molar-refractivity contribution in [1.82, 2.24) is 4.98 Å². The lowest BCUT2D eigenvalue weighted by molar-refractivity contribution is 0.444. The zero-order valence-corrected chi connectivity index (χ0v) is 11.7. The lowest BCUT2D eigenvalue weighted by atomic mass is 9.94. The maximum atomic E-state index is 6.17. The Labute approximate surface area is 110 Å². The Morgan fingerprint density at radius 1 is 1.44 bits per heavy atom. The van der Waals surface area contributed by atoms with Gasteiger partial charge in [-0.2, -0.15) is 0 Å². The van der Waals surface area contributed by atoms with Crippen LogP contribution in [0.4, 0.5) is 5.69 Å². The van der Waals surface area contributed by atoms with Gasteiger partial charge in [0, 0.05) is 30.3 Å². The summed E-state index contributed by atoms with van der Waals surface area (Å²) in [6.07, 6.45) is 8.61. The normalized spacial score (nSPS) is 25.4. The largest absolute Gasteiger partial charge is 0.369 e. The molecule has 2 atom stereocenters. The van der Waals surface area contributed by atoms with E-state index in [1.54, 1.807) is 12.4 Å². The molecule has 1 aromatic rings. The van der Waals surface area contributed by atoms with E-state index >= 15 is 0 Å². The molecule has 0 spiro atoms. The van der Waals surface area contributed by atoms with Crippen molar-refractivity contribution in [3.05, 3.63) is 23.5 Å². The van der Waals surface area contributed by atoms with Crippen LogP contribution in [0.25, 0.3) is 0 Å². The molecule has 0 aromatic carbocycles. The number of rotatable bonds is 2. The first kappa shape index (κ1) is 12.2. The van der Waals surface area contributed by atoms with E-state index in [0.29, 0.717) is 10.9 Å². The van der Waals surface area contributed by atoms with Crippen molar-refractivity contribution < 1.29 is 0 Å². The maximum Gasteiger partial charge on any atom is 0.0822 e. The Hall–Kier alpha value is -0.280. The van der Waals surface area contributed by atoms with Crippen molar-refractivity contribution in [1.29, 1.82) is 0 Å². The summed E-state index contributed by atoms with van der Waals surface area (Å²) < 4.78 is 0. The van der Waals surface area contributed by atoms with Gasteiger partial charge in [0.2, 0.25) is 0 Å². The van der Waals surface area contributed by atoms with Crippen LogP contribution in [0.1, 0.15) is 25.7 Å². The first-order valence-corrected chi connectivity index (χ1v) is 6.96. The summed E-state index contributed by atoms with van der Waals surface area (Å²) in [5, 5.41) is 0.732. The highest BCUT2D eigenvalue weighted by Crippen LogP contribution is 2.33. The zero-order valence-electron chi connectivity index (χ0n) is 9.37. The van der Waals surface area contributed by atoms with Gasteiger partial charge in [-0.3, -0.25) is 4.98 Å². The van der Waals surface area contributed by atoms with Gasteiger partial charge < -0.3 is 4.90 Å². The molecule has 0 aliphatic heterocycles. The summed E-state index contributed by atoms with van der Waals surface area (Å²) in [7, 11) is 2.12. The average molecular weight is 304 g/mol. The van der Waals surface area contributed by atoms with E-state index in [2.05, 4.69) is 32.9 Å². The molecule has 2 nitrogen and oxygen atoms in total. The molecule has 0 amide bonds. The minimum Gasteiger partial charge on any atom is -0.369 e. The van der Waals surface area contributed by atoms with E-state index in [1.165, 1.54) is 25.7 Å². The molecule has 4 heteroatoms. The molecular formula is C12H16BrClN2. The van der Waals surface area contributed by atoms with Gasteiger partial charge in [0.05, 0.1) is 10.7 Å². The van der Waals surface area contributed by atoms with Gasteiger partial charge in [0.15, 0.2) is 0 Å². The summed E-state index contributed by atoms with van der Waals surface area (Å²) in [5.74, 6) is 0. The van der Waals surface area contributed by atoms with Crippen LogP contribution in [0.5, 0.6) is 0 Å². The Balaban J connectivity index is 2.17. The second-order valence-electron chi connectivity index (χ2n) is 4.31. The Morgan fingerprint density at radius 2 is 2.19 bits per heavy atom. The molecule has 1 fully saturated rings. The molecule has 0 saturated heterocycles. The lowest BCUT2D eigenvalue weighted by Crippen LogP contribution is -2.40. The standard InChI is InChI=1S/C12H16BrClN2/c1-16(11-5-3-2-4-9(11)13)12-6-7-15-8-10(12)14/h6-9,11H,2-5H2,1H3. The zero-order chi connectivity index (χ0) is 11.5. The van der Waals surface area contributed by atoms with Gasteiger partial charge >= 0.3 is 0 Å². The van der Waals surface area contributed by atoms with Crippen LogP contribution in [0.2, 0.25) is 5.02 Å². The molecule has 1 aromatic heterocycles. The van der Waals surface area contributed by atoms with Crippen molar-refractivity contribution in [2.24, 2.45) is 0 Å². The molecule has 0 bridgehead atoms. The monoisotopic (exact) mass is 302 g/mol. The number of halogens is 2. The van der Waals surface area contributed by atoms with Crippen molar-refractivity contribution in [2.75, 3.05) is 11.9 Å². The van der Waals surface area contributed by atoms with E-state index < -0.39 is 0 Å². The molecule has 1 saturated carbocycles. The number of hydrogen-bond acceptors (Lipinski definition) is 2. The molecule has 2 unspecified atom stereocenters. The molecule has 88 valence electrons. The van der Waals surface area contributed by atoms with E-state index in [4.69, 9.17) is 11.6 Å². The third kappa shape index (κ3) is 2.51. The topological polar surface area (TPSA) is 16.1 Å². The highest BCUT2D eigenvalue weighted by molar-refractivity contribution is 9.09. The smallest absolute Gasteiger partial charge is 0.0822 e. The average Bonchev–Trinajstić information content (AvgIpc) is 2.29. The summed E-state index contributed by atoms with van der Waals surface area (Å²) in [6, 6.07) is 2.52. The second-order valence-corrected chi connectivity index (χ2v) is 5.89. The number of alkyl halides is 1. The van der Waals surface area contributed by atoms with Gasteiger partial charge in [-0.1, -0.05) is 40.4 Å². The molecular weight excluding hydrogens is 288 g/mol. The molecule has 0 radical (unpaired) electrons. The van der Waals surface area contributed by atoms with Crippen LogP contribution in [0, 0.1) is 0 Å². The lowest BCUT2D eigenvalue weighted by Gasteiger charge is -2.36. The molecule has 1 aliphatic rings. The third-order valence-corrected chi connectivity index (χ3v) is 4.64. The molecule has 16 heavy (non-hydrogen) atoms. The number of hydrogen-bond donors (Lipinski definition) is 0. The minimum absolute atomic E-state index is 0.536. The van der Waals surface area contributed by atoms with Gasteiger partial charge in [0.25, 0.3) is 0 Å². The number of nitrogens with zero attached hydrogens (tertiary/aromatic N) is 2. The highest BCUT2D eigenvalue weighted by Gasteiger charge is 2.27. The maximum absolute atomic E-state index is 6.17. The van der Waals surface area contributed by atoms with Crippen molar-refractivity contribution in [2.45, 2.75) is 36.6 Å². The minimum atomic E-state index is 0.536. The Bertz CT molecular complexity index is 359. The van der Waals surface area contributed by atoms with Crippen LogP contribution < -0.4 is 4.90 Å². The SMILES string of the molecule is CN(c1ccncc1Cl)C1CCCCC1Br. The van der Waals surface area contributed by atoms with Crippen LogP contribution in [0.15, 0.2) is 18.5 Å². The van der Waals surface area contributed by atoms with Gasteiger partial charge in [-0.25, -0.2) is 0 Å². The predicted molar refractivity (Wildman–Crippen MR) is 72.6 cm³/mol. The first-order valence-electron chi connectivity index (χ1n) is 5.66. The number of pyridine rings is 1. The third-order valence-electron chi connectivity index (χ3n) is 3.28. The number of aromatic nitrogens is 1. The van der Waals surface area contributed by atoms with Gasteiger partial charge in [-0.15, -0.1) is 0 Å². The molecule has 1 heterocycles. The van der Waals surface area contributed by atoms with E-state index in [-0.39, 0.29) is 0 Å². The molecule has 0 N–H and O–H groups in total. The highest BCUT2D eigenvalue weighted by atomic mass is 79.9. The van der Waals surface area contributed by atoms with Crippen molar-refractivity contribution >= 4 is 33.2 Å². The summed E-state index contributed by atoms with van der Waals surface area (Å²) in [5.41, 5.74) is 1.08. The fourth-order valence-electron chi connectivity index (χ4n) is 2.33. The van der Waals surface area contributed by atoms with Crippen molar-refractivity contribution in [3.63, 3.8) is 0 Å². The molecule has 2 rings (SSSR count). The van der Waals surface area contributed by atoms with Crippen LogP contribution in [-0.4, -0.2) is 22.9 Å². The van der Waals surface area contributed by atoms with E-state index in [9.17, 15) is 0 Å². The fourth-order valence-corrected chi connectivity index (χ4v) is 3.53. The van der Waals surface area contributed by atoms with E-state index in [1.807, 2.05) is 6.07 Å². The van der Waals surface area contributed by atoms with Gasteiger partial charge in [0.1, 0.15) is 0 Å².